The number of hydrogen-bond acceptors (Lipinski definition) is 4. The van der Waals surface area contributed by atoms with Gasteiger partial charge in [0.1, 0.15) is 0 Å². The molecule has 0 aliphatic heterocycles. The van der Waals surface area contributed by atoms with Crippen LogP contribution in [0, 0.1) is 0 Å². The zero-order valence-corrected chi connectivity index (χ0v) is 9.02. The number of phenols is 2. The van der Waals surface area contributed by atoms with Gasteiger partial charge in [0.25, 0.3) is 5.91 Å². The molecule has 0 spiro atoms. The minimum atomic E-state index is -0.580. The Hall–Kier alpha value is -2.04. The average Bonchev–Trinajstić information content (AvgIpc) is 2.21. The van der Waals surface area contributed by atoms with Gasteiger partial charge in [0.15, 0.2) is 17.3 Å². The second-order valence-corrected chi connectivity index (χ2v) is 3.51. The number of ketones is 1. The monoisotopic (exact) mass is 223 g/mol. The topological polar surface area (TPSA) is 86.6 Å². The second-order valence-electron chi connectivity index (χ2n) is 3.51. The molecule has 1 unspecified atom stereocenters. The van der Waals surface area contributed by atoms with Crippen molar-refractivity contribution < 1.29 is 19.8 Å². The standard InChI is InChI=1S/C11H13NO4/c1-6(7(2)13)12-11(16)8-3-4-9(14)10(15)5-8/h3-6,14-15H,1-2H3,(H,12,16). The van der Waals surface area contributed by atoms with Crippen LogP contribution < -0.4 is 5.32 Å². The van der Waals surface area contributed by atoms with E-state index in [0.717, 1.165) is 6.07 Å². The van der Waals surface area contributed by atoms with Crippen molar-refractivity contribution in [2.24, 2.45) is 0 Å². The third kappa shape index (κ3) is 2.73. The quantitative estimate of drug-likeness (QED) is 0.662. The minimum absolute atomic E-state index is 0.156. The zero-order valence-electron chi connectivity index (χ0n) is 9.02. The summed E-state index contributed by atoms with van der Waals surface area (Å²) in [5.41, 5.74) is 0.184. The normalized spacial score (nSPS) is 11.9. The summed E-state index contributed by atoms with van der Waals surface area (Å²) in [6.45, 7) is 2.94. The molecule has 3 N–H and O–H groups in total. The Morgan fingerprint density at radius 3 is 2.38 bits per heavy atom. The number of carbonyl (C=O) groups is 2. The molecule has 5 nitrogen and oxygen atoms in total. The number of aromatic hydroxyl groups is 2. The van der Waals surface area contributed by atoms with Gasteiger partial charge in [-0.1, -0.05) is 0 Å². The van der Waals surface area contributed by atoms with Gasteiger partial charge in [-0.2, -0.15) is 0 Å². The van der Waals surface area contributed by atoms with Crippen LogP contribution in [-0.2, 0) is 4.79 Å². The van der Waals surface area contributed by atoms with E-state index in [4.69, 9.17) is 5.11 Å². The predicted molar refractivity (Wildman–Crippen MR) is 57.4 cm³/mol. The average molecular weight is 223 g/mol. The van der Waals surface area contributed by atoms with Crippen LogP contribution in [-0.4, -0.2) is 27.9 Å². The third-order valence-corrected chi connectivity index (χ3v) is 2.19. The van der Waals surface area contributed by atoms with Gasteiger partial charge in [-0.25, -0.2) is 0 Å². The Balaban J connectivity index is 2.81. The van der Waals surface area contributed by atoms with Crippen LogP contribution in [0.25, 0.3) is 0 Å². The molecule has 0 fully saturated rings. The summed E-state index contributed by atoms with van der Waals surface area (Å²) in [6.07, 6.45) is 0. The smallest absolute Gasteiger partial charge is 0.251 e. The first-order valence-corrected chi connectivity index (χ1v) is 4.75. The van der Waals surface area contributed by atoms with Crippen molar-refractivity contribution in [3.8, 4) is 11.5 Å². The van der Waals surface area contributed by atoms with Crippen molar-refractivity contribution in [1.29, 1.82) is 0 Å². The van der Waals surface area contributed by atoms with Gasteiger partial charge in [-0.05, 0) is 32.0 Å². The summed E-state index contributed by atoms with van der Waals surface area (Å²) in [6, 6.07) is 3.13. The SMILES string of the molecule is CC(=O)C(C)NC(=O)c1ccc(O)c(O)c1. The molecule has 1 rings (SSSR count). The lowest BCUT2D eigenvalue weighted by molar-refractivity contribution is -0.118. The van der Waals surface area contributed by atoms with Gasteiger partial charge >= 0.3 is 0 Å². The first-order valence-electron chi connectivity index (χ1n) is 4.75. The summed E-state index contributed by atoms with van der Waals surface area (Å²) >= 11 is 0. The number of benzene rings is 1. The van der Waals surface area contributed by atoms with Gasteiger partial charge in [-0.15, -0.1) is 0 Å². The first-order chi connectivity index (χ1) is 7.41. The molecule has 1 amide bonds. The number of rotatable bonds is 3. The predicted octanol–water partition coefficient (Wildman–Crippen LogP) is 0.805. The molecule has 0 radical (unpaired) electrons. The summed E-state index contributed by atoms with van der Waals surface area (Å²) in [4.78, 5) is 22.5. The molecule has 0 saturated heterocycles. The third-order valence-electron chi connectivity index (χ3n) is 2.19. The minimum Gasteiger partial charge on any atom is -0.504 e. The molecule has 16 heavy (non-hydrogen) atoms. The summed E-state index contributed by atoms with van der Waals surface area (Å²) < 4.78 is 0. The Morgan fingerprint density at radius 2 is 1.88 bits per heavy atom. The fourth-order valence-corrected chi connectivity index (χ4v) is 1.05. The van der Waals surface area contributed by atoms with E-state index >= 15 is 0 Å². The van der Waals surface area contributed by atoms with Crippen molar-refractivity contribution in [3.63, 3.8) is 0 Å². The fourth-order valence-electron chi connectivity index (χ4n) is 1.05. The number of hydrogen-bond donors (Lipinski definition) is 3. The molecule has 0 saturated carbocycles. The van der Waals surface area contributed by atoms with Crippen molar-refractivity contribution in [1.82, 2.24) is 5.32 Å². The lowest BCUT2D eigenvalue weighted by Gasteiger charge is -2.10. The molecule has 0 aliphatic rings. The summed E-state index contributed by atoms with van der Waals surface area (Å²) in [5, 5.41) is 20.7. The van der Waals surface area contributed by atoms with Crippen LogP contribution in [0.3, 0.4) is 0 Å². The first kappa shape index (κ1) is 12.0. The fraction of sp³-hybridized carbons (Fsp3) is 0.273. The van der Waals surface area contributed by atoms with E-state index in [9.17, 15) is 14.7 Å². The number of Topliss-reactive ketones (excluding diaryl/α,β-unsaturated/α-hetero) is 1. The van der Waals surface area contributed by atoms with Crippen molar-refractivity contribution in [2.45, 2.75) is 19.9 Å². The van der Waals surface area contributed by atoms with Gasteiger partial charge in [0.2, 0.25) is 0 Å². The van der Waals surface area contributed by atoms with E-state index in [1.54, 1.807) is 6.92 Å². The van der Waals surface area contributed by atoms with Crippen LogP contribution in [0.5, 0.6) is 11.5 Å². The molecule has 0 aliphatic carbocycles. The Morgan fingerprint density at radius 1 is 1.25 bits per heavy atom. The number of phenolic OH excluding ortho intramolecular Hbond substituents is 2. The molecule has 1 atom stereocenters. The highest BCUT2D eigenvalue weighted by molar-refractivity contribution is 5.97. The van der Waals surface area contributed by atoms with Crippen molar-refractivity contribution in [2.75, 3.05) is 0 Å². The second kappa shape index (κ2) is 4.65. The number of carbonyl (C=O) groups excluding carboxylic acids is 2. The van der Waals surface area contributed by atoms with Gasteiger partial charge in [0, 0.05) is 5.56 Å². The highest BCUT2D eigenvalue weighted by Crippen LogP contribution is 2.24. The maximum atomic E-state index is 11.6. The molecule has 5 heteroatoms. The number of amides is 1. The highest BCUT2D eigenvalue weighted by Gasteiger charge is 2.14. The molecule has 0 heterocycles. The molecule has 86 valence electrons. The highest BCUT2D eigenvalue weighted by atomic mass is 16.3. The largest absolute Gasteiger partial charge is 0.504 e. The Labute approximate surface area is 92.7 Å². The molecular weight excluding hydrogens is 210 g/mol. The molecular formula is C11H13NO4. The maximum Gasteiger partial charge on any atom is 0.251 e. The lowest BCUT2D eigenvalue weighted by Crippen LogP contribution is -2.37. The zero-order chi connectivity index (χ0) is 12.3. The van der Waals surface area contributed by atoms with E-state index in [-0.39, 0.29) is 22.8 Å². The summed E-state index contributed by atoms with van der Waals surface area (Å²) in [5.74, 6) is -1.30. The van der Waals surface area contributed by atoms with E-state index in [0.29, 0.717) is 0 Å². The van der Waals surface area contributed by atoms with Gasteiger partial charge in [-0.3, -0.25) is 9.59 Å². The van der Waals surface area contributed by atoms with Crippen LogP contribution in [0.4, 0.5) is 0 Å². The Bertz CT molecular complexity index is 428. The van der Waals surface area contributed by atoms with Crippen molar-refractivity contribution >= 4 is 11.7 Å². The van der Waals surface area contributed by atoms with Crippen LogP contribution in [0.2, 0.25) is 0 Å². The van der Waals surface area contributed by atoms with Crippen LogP contribution in [0.15, 0.2) is 18.2 Å². The molecule has 1 aromatic rings. The number of nitrogens with one attached hydrogen (secondary N) is 1. The Kier molecular flexibility index (Phi) is 3.50. The van der Waals surface area contributed by atoms with Gasteiger partial charge < -0.3 is 15.5 Å². The van der Waals surface area contributed by atoms with Crippen molar-refractivity contribution in [3.05, 3.63) is 23.8 Å². The van der Waals surface area contributed by atoms with Crippen LogP contribution >= 0.6 is 0 Å². The van der Waals surface area contributed by atoms with E-state index in [2.05, 4.69) is 5.32 Å². The maximum absolute atomic E-state index is 11.6. The molecule has 0 aromatic heterocycles. The molecule has 1 aromatic carbocycles. The van der Waals surface area contributed by atoms with E-state index in [1.807, 2.05) is 0 Å². The van der Waals surface area contributed by atoms with Gasteiger partial charge in [0.05, 0.1) is 6.04 Å². The summed E-state index contributed by atoms with van der Waals surface area (Å²) in [7, 11) is 0. The lowest BCUT2D eigenvalue weighted by atomic mass is 10.1. The molecule has 0 bridgehead atoms. The van der Waals surface area contributed by atoms with E-state index < -0.39 is 11.9 Å². The van der Waals surface area contributed by atoms with E-state index in [1.165, 1.54) is 19.1 Å². The van der Waals surface area contributed by atoms with Crippen LogP contribution in [0.1, 0.15) is 24.2 Å².